The van der Waals surface area contributed by atoms with Crippen LogP contribution in [0.4, 0.5) is 11.4 Å². The lowest BCUT2D eigenvalue weighted by molar-refractivity contribution is -0.139. The molecule has 0 unspecified atom stereocenters. The van der Waals surface area contributed by atoms with Gasteiger partial charge in [0, 0.05) is 24.6 Å². The number of ether oxygens (including phenoxy) is 4. The Kier molecular flexibility index (Phi) is 9.46. The van der Waals surface area contributed by atoms with Crippen molar-refractivity contribution in [3.8, 4) is 23.0 Å². The Balaban J connectivity index is 1.62. The molecular formula is C34H32N4O8. The normalized spacial score (nSPS) is 12.7. The summed E-state index contributed by atoms with van der Waals surface area (Å²) in [5.74, 6) is -1.29. The van der Waals surface area contributed by atoms with Crippen molar-refractivity contribution in [2.75, 3.05) is 45.2 Å². The van der Waals surface area contributed by atoms with Gasteiger partial charge in [-0.15, -0.1) is 0 Å². The zero-order valence-corrected chi connectivity index (χ0v) is 25.7. The van der Waals surface area contributed by atoms with Crippen LogP contribution in [0.1, 0.15) is 27.5 Å². The predicted octanol–water partition coefficient (Wildman–Crippen LogP) is 4.05. The molecule has 12 heteroatoms. The second kappa shape index (κ2) is 13.8. The number of benzene rings is 3. The van der Waals surface area contributed by atoms with Gasteiger partial charge >= 0.3 is 0 Å². The molecule has 1 aliphatic rings. The van der Waals surface area contributed by atoms with Gasteiger partial charge in [-0.1, -0.05) is 18.2 Å². The first kappa shape index (κ1) is 31.5. The molecular weight excluding hydrogens is 592 g/mol. The highest BCUT2D eigenvalue weighted by atomic mass is 16.5. The number of nitrogens with one attached hydrogen (secondary N) is 1. The molecule has 0 aliphatic carbocycles. The zero-order chi connectivity index (χ0) is 32.8. The Morgan fingerprint density at radius 2 is 1.57 bits per heavy atom. The van der Waals surface area contributed by atoms with Crippen molar-refractivity contribution in [1.29, 1.82) is 0 Å². The van der Waals surface area contributed by atoms with E-state index >= 15 is 0 Å². The molecule has 0 saturated carbocycles. The van der Waals surface area contributed by atoms with Gasteiger partial charge in [-0.3, -0.25) is 29.1 Å². The number of Topliss-reactive ketones (excluding diaryl/α,β-unsaturated/α-hetero) is 1. The number of fused-ring (bicyclic) bond motifs is 1. The quantitative estimate of drug-likeness (QED) is 0.232. The lowest BCUT2D eigenvalue weighted by Gasteiger charge is -2.33. The fourth-order valence-corrected chi connectivity index (χ4v) is 5.26. The lowest BCUT2D eigenvalue weighted by Crippen LogP contribution is -2.46. The van der Waals surface area contributed by atoms with Crippen LogP contribution in [0.2, 0.25) is 0 Å². The van der Waals surface area contributed by atoms with E-state index < -0.39 is 36.1 Å². The molecule has 0 spiro atoms. The third-order valence-electron chi connectivity index (χ3n) is 7.49. The van der Waals surface area contributed by atoms with E-state index in [1.807, 2.05) is 0 Å². The third-order valence-corrected chi connectivity index (χ3v) is 7.49. The number of rotatable bonds is 12. The van der Waals surface area contributed by atoms with Gasteiger partial charge in [-0.05, 0) is 65.7 Å². The number of para-hydroxylation sites is 1. The first-order valence-electron chi connectivity index (χ1n) is 14.2. The van der Waals surface area contributed by atoms with E-state index in [0.717, 1.165) is 4.90 Å². The maximum absolute atomic E-state index is 14.4. The maximum Gasteiger partial charge on any atom is 0.299 e. The minimum absolute atomic E-state index is 0.0678. The van der Waals surface area contributed by atoms with Crippen molar-refractivity contribution < 1.29 is 38.1 Å². The number of aromatic nitrogens is 1. The Morgan fingerprint density at radius 3 is 2.17 bits per heavy atom. The van der Waals surface area contributed by atoms with Gasteiger partial charge in [0.05, 0.1) is 39.7 Å². The van der Waals surface area contributed by atoms with Crippen LogP contribution in [0.5, 0.6) is 23.0 Å². The second-order valence-corrected chi connectivity index (χ2v) is 10.2. The summed E-state index contributed by atoms with van der Waals surface area (Å²) in [5.41, 5.74) is 1.93. The third kappa shape index (κ3) is 6.32. The summed E-state index contributed by atoms with van der Waals surface area (Å²) in [7, 11) is 5.88. The summed E-state index contributed by atoms with van der Waals surface area (Å²) in [5, 5.41) is 2.89. The van der Waals surface area contributed by atoms with Crippen LogP contribution in [0, 0.1) is 0 Å². The minimum atomic E-state index is -1.29. The van der Waals surface area contributed by atoms with Crippen LogP contribution in [-0.4, -0.2) is 68.4 Å². The molecule has 5 rings (SSSR count). The van der Waals surface area contributed by atoms with Gasteiger partial charge in [-0.2, -0.15) is 0 Å². The van der Waals surface area contributed by atoms with Crippen LogP contribution in [0.25, 0.3) is 0 Å². The van der Waals surface area contributed by atoms with Crippen molar-refractivity contribution in [1.82, 2.24) is 9.88 Å². The molecule has 236 valence electrons. The number of carbonyl (C=O) groups is 4. The number of ketones is 1. The highest BCUT2D eigenvalue weighted by molar-refractivity contribution is 6.52. The van der Waals surface area contributed by atoms with Crippen molar-refractivity contribution in [2.24, 2.45) is 0 Å². The summed E-state index contributed by atoms with van der Waals surface area (Å²) in [4.78, 5) is 61.1. The van der Waals surface area contributed by atoms with E-state index in [2.05, 4.69) is 10.3 Å². The van der Waals surface area contributed by atoms with E-state index in [9.17, 15) is 19.2 Å². The Morgan fingerprint density at radius 1 is 0.870 bits per heavy atom. The molecule has 0 radical (unpaired) electrons. The SMILES string of the molecule is COc1ccc(NC(=O)[C@@H](c2cc(OC)c(OC)c(OC)c2)N(Cc2cccnc2)C(=O)CN2C(=O)C(=O)c3ccccc32)cc1. The molecule has 3 amide bonds. The van der Waals surface area contributed by atoms with Crippen molar-refractivity contribution in [2.45, 2.75) is 12.6 Å². The Hall–Kier alpha value is -5.91. The Labute approximate surface area is 265 Å². The number of carbonyl (C=O) groups excluding carboxylic acids is 4. The molecule has 46 heavy (non-hydrogen) atoms. The first-order chi connectivity index (χ1) is 22.3. The second-order valence-electron chi connectivity index (χ2n) is 10.2. The molecule has 0 saturated heterocycles. The average Bonchev–Trinajstić information content (AvgIpc) is 3.32. The summed E-state index contributed by atoms with van der Waals surface area (Å²) in [6.45, 7) is -0.569. The Bertz CT molecular complexity index is 1740. The molecule has 1 atom stereocenters. The summed E-state index contributed by atoms with van der Waals surface area (Å²) in [6, 6.07) is 18.5. The molecule has 0 fully saturated rings. The van der Waals surface area contributed by atoms with Crippen LogP contribution < -0.4 is 29.2 Å². The smallest absolute Gasteiger partial charge is 0.299 e. The fraction of sp³-hybridized carbons (Fsp3) is 0.206. The maximum atomic E-state index is 14.4. The number of hydrogen-bond acceptors (Lipinski definition) is 9. The number of pyridine rings is 1. The summed E-state index contributed by atoms with van der Waals surface area (Å²) < 4.78 is 21.9. The topological polar surface area (TPSA) is 137 Å². The average molecular weight is 625 g/mol. The molecule has 0 bridgehead atoms. The summed E-state index contributed by atoms with van der Waals surface area (Å²) in [6.07, 6.45) is 3.17. The number of hydrogen-bond donors (Lipinski definition) is 1. The van der Waals surface area contributed by atoms with Crippen LogP contribution in [0.15, 0.2) is 85.2 Å². The van der Waals surface area contributed by atoms with Gasteiger partial charge in [0.2, 0.25) is 11.7 Å². The van der Waals surface area contributed by atoms with Gasteiger partial charge in [0.1, 0.15) is 18.3 Å². The van der Waals surface area contributed by atoms with Gasteiger partial charge < -0.3 is 29.2 Å². The van der Waals surface area contributed by atoms with Crippen LogP contribution in [-0.2, 0) is 20.9 Å². The van der Waals surface area contributed by atoms with Crippen molar-refractivity contribution in [3.63, 3.8) is 0 Å². The lowest BCUT2D eigenvalue weighted by atomic mass is 10.0. The van der Waals surface area contributed by atoms with Crippen LogP contribution >= 0.6 is 0 Å². The molecule has 3 aromatic carbocycles. The van der Waals surface area contributed by atoms with Crippen molar-refractivity contribution in [3.05, 3.63) is 102 Å². The van der Waals surface area contributed by atoms with E-state index in [-0.39, 0.29) is 23.6 Å². The van der Waals surface area contributed by atoms with Gasteiger partial charge in [-0.25, -0.2) is 0 Å². The van der Waals surface area contributed by atoms with E-state index in [4.69, 9.17) is 18.9 Å². The standard InChI is InChI=1S/C34H32N4O8/c1-43-24-13-11-23(12-14-24)36-33(41)30(22-16-27(44-2)32(46-4)28(17-22)45-3)38(19-21-8-7-15-35-18-21)29(39)20-37-26-10-6-5-9-25(26)31(40)34(37)42/h5-18,30H,19-20H2,1-4H3,(H,36,41)/t30-/m1/s1. The largest absolute Gasteiger partial charge is 0.497 e. The van der Waals surface area contributed by atoms with E-state index in [1.54, 1.807) is 79.1 Å². The minimum Gasteiger partial charge on any atom is -0.497 e. The zero-order valence-electron chi connectivity index (χ0n) is 25.7. The van der Waals surface area contributed by atoms with Gasteiger partial charge in [0.15, 0.2) is 11.5 Å². The molecule has 1 aromatic heterocycles. The van der Waals surface area contributed by atoms with Crippen LogP contribution in [0.3, 0.4) is 0 Å². The monoisotopic (exact) mass is 624 g/mol. The molecule has 4 aromatic rings. The number of methoxy groups -OCH3 is 4. The molecule has 2 heterocycles. The highest BCUT2D eigenvalue weighted by Gasteiger charge is 2.40. The summed E-state index contributed by atoms with van der Waals surface area (Å²) >= 11 is 0. The highest BCUT2D eigenvalue weighted by Crippen LogP contribution is 2.41. The number of anilines is 2. The van der Waals surface area contributed by atoms with Crippen molar-refractivity contribution >= 4 is 34.9 Å². The predicted molar refractivity (Wildman–Crippen MR) is 168 cm³/mol. The van der Waals surface area contributed by atoms with E-state index in [1.165, 1.54) is 39.4 Å². The first-order valence-corrected chi connectivity index (χ1v) is 14.2. The van der Waals surface area contributed by atoms with Gasteiger partial charge in [0.25, 0.3) is 17.6 Å². The number of nitrogens with zero attached hydrogens (tertiary/aromatic N) is 3. The number of amides is 3. The molecule has 1 N–H and O–H groups in total. The molecule has 1 aliphatic heterocycles. The fourth-order valence-electron chi connectivity index (χ4n) is 5.26. The molecule has 12 nitrogen and oxygen atoms in total. The van der Waals surface area contributed by atoms with E-state index in [0.29, 0.717) is 34.0 Å².